The number of carbonyl (C=O) groups is 1. The van der Waals surface area contributed by atoms with Crippen molar-refractivity contribution in [1.82, 2.24) is 10.3 Å². The molecule has 0 aliphatic heterocycles. The van der Waals surface area contributed by atoms with Crippen molar-refractivity contribution in [3.63, 3.8) is 0 Å². The number of thioether (sulfide) groups is 1. The number of anilines is 1. The van der Waals surface area contributed by atoms with Crippen molar-refractivity contribution in [3.8, 4) is 0 Å². The van der Waals surface area contributed by atoms with Crippen LogP contribution in [0.5, 0.6) is 0 Å². The number of pyridine rings is 1. The van der Waals surface area contributed by atoms with Crippen LogP contribution < -0.4 is 11.1 Å². The summed E-state index contributed by atoms with van der Waals surface area (Å²) >= 11 is 1.54. The first-order valence-corrected chi connectivity index (χ1v) is 7.01. The lowest BCUT2D eigenvalue weighted by Gasteiger charge is -2.22. The third-order valence-corrected chi connectivity index (χ3v) is 3.22. The first-order chi connectivity index (χ1) is 8.43. The van der Waals surface area contributed by atoms with Gasteiger partial charge in [-0.05, 0) is 25.3 Å². The topological polar surface area (TPSA) is 88.2 Å². The summed E-state index contributed by atoms with van der Waals surface area (Å²) in [6.45, 7) is 1.94. The number of hydrogen-bond acceptors (Lipinski definition) is 5. The van der Waals surface area contributed by atoms with Gasteiger partial charge in [-0.2, -0.15) is 11.8 Å². The lowest BCUT2D eigenvalue weighted by atomic mass is 10.1. The molecular formula is C12H19N3O2S. The molecule has 1 aromatic heterocycles. The molecule has 100 valence electrons. The highest BCUT2D eigenvalue weighted by atomic mass is 32.2. The number of amides is 1. The highest BCUT2D eigenvalue weighted by Crippen LogP contribution is 2.09. The molecule has 0 bridgehead atoms. The van der Waals surface area contributed by atoms with Crippen LogP contribution in [0, 0.1) is 0 Å². The number of nitrogens with zero attached hydrogens (tertiary/aromatic N) is 1. The summed E-state index contributed by atoms with van der Waals surface area (Å²) in [5, 5.41) is 12.6. The van der Waals surface area contributed by atoms with Crippen molar-refractivity contribution in [1.29, 1.82) is 0 Å². The Bertz CT molecular complexity index is 393. The van der Waals surface area contributed by atoms with E-state index in [0.29, 0.717) is 17.1 Å². The van der Waals surface area contributed by atoms with Crippen molar-refractivity contribution < 1.29 is 9.90 Å². The Hall–Kier alpha value is -1.27. The van der Waals surface area contributed by atoms with E-state index in [9.17, 15) is 9.90 Å². The molecule has 18 heavy (non-hydrogen) atoms. The van der Waals surface area contributed by atoms with E-state index in [1.807, 2.05) is 6.26 Å². The Morgan fingerprint density at radius 3 is 2.89 bits per heavy atom. The maximum Gasteiger partial charge on any atom is 0.226 e. The van der Waals surface area contributed by atoms with Gasteiger partial charge >= 0.3 is 0 Å². The van der Waals surface area contributed by atoms with E-state index in [0.717, 1.165) is 0 Å². The van der Waals surface area contributed by atoms with E-state index in [4.69, 9.17) is 5.73 Å². The Morgan fingerprint density at radius 2 is 2.33 bits per heavy atom. The summed E-state index contributed by atoms with van der Waals surface area (Å²) in [6, 6.07) is 3.43. The van der Waals surface area contributed by atoms with Crippen molar-refractivity contribution >= 4 is 23.4 Å². The molecule has 1 heterocycles. The second-order valence-electron chi connectivity index (χ2n) is 4.47. The highest BCUT2D eigenvalue weighted by Gasteiger charge is 2.20. The zero-order valence-electron chi connectivity index (χ0n) is 10.6. The van der Waals surface area contributed by atoms with Crippen LogP contribution in [0.15, 0.2) is 18.3 Å². The second-order valence-corrected chi connectivity index (χ2v) is 5.33. The predicted octanol–water partition coefficient (Wildman–Crippen LogP) is 0.436. The normalized spacial score (nSPS) is 13.9. The molecule has 0 aliphatic rings. The second kappa shape index (κ2) is 6.61. The first kappa shape index (κ1) is 14.8. The molecule has 0 radical (unpaired) electrons. The van der Waals surface area contributed by atoms with Gasteiger partial charge in [0.2, 0.25) is 5.91 Å². The monoisotopic (exact) mass is 269 g/mol. The number of aromatic nitrogens is 1. The third kappa shape index (κ3) is 5.37. The summed E-state index contributed by atoms with van der Waals surface area (Å²) in [5.74, 6) is 0.418. The van der Waals surface area contributed by atoms with Crippen LogP contribution in [-0.4, -0.2) is 40.2 Å². The summed E-state index contributed by atoms with van der Waals surface area (Å²) in [4.78, 5) is 15.7. The molecule has 1 rings (SSSR count). The standard InChI is InChI=1S/C12H19N3O2S/c1-12(17,8-18-2)7-15-11(16)5-10-4-3-9(13)6-14-10/h3-4,6,17H,5,7-8,13H2,1-2H3,(H,15,16). The van der Waals surface area contributed by atoms with E-state index < -0.39 is 5.60 Å². The SMILES string of the molecule is CSCC(C)(O)CNC(=O)Cc1ccc(N)cn1. The largest absolute Gasteiger partial charge is 0.397 e. The minimum atomic E-state index is -0.885. The van der Waals surface area contributed by atoms with Crippen molar-refractivity contribution in [2.24, 2.45) is 0 Å². The van der Waals surface area contributed by atoms with Crippen LogP contribution in [0.25, 0.3) is 0 Å². The van der Waals surface area contributed by atoms with Crippen LogP contribution in [0.4, 0.5) is 5.69 Å². The molecule has 1 aromatic rings. The highest BCUT2D eigenvalue weighted by molar-refractivity contribution is 7.98. The fourth-order valence-electron chi connectivity index (χ4n) is 1.42. The van der Waals surface area contributed by atoms with E-state index in [1.165, 1.54) is 18.0 Å². The van der Waals surface area contributed by atoms with Gasteiger partial charge in [0.15, 0.2) is 0 Å². The van der Waals surface area contributed by atoms with Crippen molar-refractivity contribution in [2.45, 2.75) is 18.9 Å². The van der Waals surface area contributed by atoms with E-state index >= 15 is 0 Å². The molecule has 1 atom stereocenters. The van der Waals surface area contributed by atoms with E-state index in [2.05, 4.69) is 10.3 Å². The molecule has 0 spiro atoms. The molecule has 0 aliphatic carbocycles. The number of carbonyl (C=O) groups excluding carboxylic acids is 1. The van der Waals surface area contributed by atoms with Crippen molar-refractivity contribution in [3.05, 3.63) is 24.0 Å². The van der Waals surface area contributed by atoms with Crippen LogP contribution in [0.3, 0.4) is 0 Å². The van der Waals surface area contributed by atoms with Gasteiger partial charge in [-0.3, -0.25) is 9.78 Å². The predicted molar refractivity (Wildman–Crippen MR) is 74.4 cm³/mol. The zero-order valence-corrected chi connectivity index (χ0v) is 11.5. The molecule has 4 N–H and O–H groups in total. The summed E-state index contributed by atoms with van der Waals surface area (Å²) < 4.78 is 0. The molecule has 0 saturated carbocycles. The van der Waals surface area contributed by atoms with Gasteiger partial charge < -0.3 is 16.2 Å². The van der Waals surface area contributed by atoms with Crippen LogP contribution in [-0.2, 0) is 11.2 Å². The fourth-order valence-corrected chi connectivity index (χ4v) is 2.14. The lowest BCUT2D eigenvalue weighted by Crippen LogP contribution is -2.43. The van der Waals surface area contributed by atoms with Crippen LogP contribution >= 0.6 is 11.8 Å². The average molecular weight is 269 g/mol. The molecule has 0 fully saturated rings. The van der Waals surface area contributed by atoms with Crippen molar-refractivity contribution in [2.75, 3.05) is 24.3 Å². The van der Waals surface area contributed by atoms with Gasteiger partial charge in [0.05, 0.1) is 23.9 Å². The molecule has 0 saturated heterocycles. The minimum Gasteiger partial charge on any atom is -0.397 e. The fraction of sp³-hybridized carbons (Fsp3) is 0.500. The van der Waals surface area contributed by atoms with Crippen LogP contribution in [0.1, 0.15) is 12.6 Å². The first-order valence-electron chi connectivity index (χ1n) is 5.61. The lowest BCUT2D eigenvalue weighted by molar-refractivity contribution is -0.121. The van der Waals surface area contributed by atoms with E-state index in [-0.39, 0.29) is 18.9 Å². The maximum absolute atomic E-state index is 11.6. The Morgan fingerprint density at radius 1 is 1.61 bits per heavy atom. The summed E-state index contributed by atoms with van der Waals surface area (Å²) in [6.07, 6.45) is 3.62. The van der Waals surface area contributed by atoms with E-state index in [1.54, 1.807) is 19.1 Å². The Balaban J connectivity index is 2.40. The Labute approximate surface area is 111 Å². The molecular weight excluding hydrogens is 250 g/mol. The van der Waals surface area contributed by atoms with Gasteiger partial charge in [0.25, 0.3) is 0 Å². The molecule has 0 aromatic carbocycles. The Kier molecular flexibility index (Phi) is 5.43. The zero-order chi connectivity index (χ0) is 13.6. The van der Waals surface area contributed by atoms with Gasteiger partial charge in [0, 0.05) is 18.0 Å². The van der Waals surface area contributed by atoms with Gasteiger partial charge in [-0.15, -0.1) is 0 Å². The number of hydrogen-bond donors (Lipinski definition) is 3. The number of nitrogens with two attached hydrogens (primary N) is 1. The number of aliphatic hydroxyl groups is 1. The average Bonchev–Trinajstić information content (AvgIpc) is 2.30. The number of nitrogens with one attached hydrogen (secondary N) is 1. The molecule has 1 unspecified atom stereocenters. The van der Waals surface area contributed by atoms with Crippen LogP contribution in [0.2, 0.25) is 0 Å². The molecule has 1 amide bonds. The smallest absolute Gasteiger partial charge is 0.226 e. The molecule has 5 nitrogen and oxygen atoms in total. The number of nitrogen functional groups attached to an aromatic ring is 1. The minimum absolute atomic E-state index is 0.159. The quantitative estimate of drug-likeness (QED) is 0.697. The van der Waals surface area contributed by atoms with Gasteiger partial charge in [-0.25, -0.2) is 0 Å². The number of rotatable bonds is 6. The molecule has 6 heteroatoms. The maximum atomic E-state index is 11.6. The summed E-state index contributed by atoms with van der Waals surface area (Å²) in [7, 11) is 0. The van der Waals surface area contributed by atoms with Gasteiger partial charge in [0.1, 0.15) is 0 Å². The van der Waals surface area contributed by atoms with Gasteiger partial charge in [-0.1, -0.05) is 0 Å². The third-order valence-electron chi connectivity index (χ3n) is 2.31. The summed E-state index contributed by atoms with van der Waals surface area (Å²) in [5.41, 5.74) is 5.85.